The Hall–Kier alpha value is -2.70. The standard InChI is InChI=1S/C19H24N2O5/c1-8(2)18-15(11(5)21-26-18)19(24)25-13(7)17(23)16-9(3)14(12(6)22)10(4)20-16/h8,13,20H,1-7H3. The van der Waals surface area contributed by atoms with Crippen molar-refractivity contribution in [2.24, 2.45) is 0 Å². The third-order valence-corrected chi connectivity index (χ3v) is 4.31. The first kappa shape index (κ1) is 19.6. The predicted octanol–water partition coefficient (Wildman–Crippen LogP) is 3.68. The van der Waals surface area contributed by atoms with E-state index in [1.54, 1.807) is 20.8 Å². The number of Topliss-reactive ketones (excluding diaryl/α,β-unsaturated/α-hetero) is 2. The van der Waals surface area contributed by atoms with Crippen LogP contribution >= 0.6 is 0 Å². The number of aromatic amines is 1. The van der Waals surface area contributed by atoms with Crippen molar-refractivity contribution in [2.45, 2.75) is 60.5 Å². The van der Waals surface area contributed by atoms with Gasteiger partial charge in [0.05, 0.1) is 11.4 Å². The number of carbonyl (C=O) groups excluding carboxylic acids is 3. The molecular formula is C19H24N2O5. The van der Waals surface area contributed by atoms with E-state index in [0.29, 0.717) is 28.3 Å². The minimum Gasteiger partial charge on any atom is -0.450 e. The van der Waals surface area contributed by atoms with Gasteiger partial charge < -0.3 is 14.2 Å². The van der Waals surface area contributed by atoms with E-state index in [-0.39, 0.29) is 23.0 Å². The topological polar surface area (TPSA) is 102 Å². The van der Waals surface area contributed by atoms with E-state index in [1.165, 1.54) is 13.8 Å². The Bertz CT molecular complexity index is 873. The monoisotopic (exact) mass is 360 g/mol. The number of esters is 1. The number of nitrogens with zero attached hydrogens (tertiary/aromatic N) is 1. The maximum Gasteiger partial charge on any atom is 0.344 e. The Morgan fingerprint density at radius 1 is 1.08 bits per heavy atom. The van der Waals surface area contributed by atoms with Crippen LogP contribution in [0.2, 0.25) is 0 Å². The summed E-state index contributed by atoms with van der Waals surface area (Å²) in [5.74, 6) is -0.789. The molecule has 0 fully saturated rings. The van der Waals surface area contributed by atoms with Crippen molar-refractivity contribution in [3.05, 3.63) is 39.5 Å². The Morgan fingerprint density at radius 3 is 2.19 bits per heavy atom. The Labute approximate surface area is 152 Å². The van der Waals surface area contributed by atoms with Crippen LogP contribution in [-0.4, -0.2) is 33.8 Å². The molecule has 0 saturated carbocycles. The molecule has 0 aromatic carbocycles. The van der Waals surface area contributed by atoms with Crippen LogP contribution in [0.5, 0.6) is 0 Å². The minimum absolute atomic E-state index is 0.0452. The normalized spacial score (nSPS) is 12.3. The van der Waals surface area contributed by atoms with Crippen LogP contribution in [0, 0.1) is 20.8 Å². The highest BCUT2D eigenvalue weighted by Gasteiger charge is 2.29. The fourth-order valence-electron chi connectivity index (χ4n) is 3.03. The molecule has 0 amide bonds. The lowest BCUT2D eigenvalue weighted by Crippen LogP contribution is -2.26. The van der Waals surface area contributed by atoms with Gasteiger partial charge in [-0.15, -0.1) is 0 Å². The zero-order valence-electron chi connectivity index (χ0n) is 16.1. The second-order valence-electron chi connectivity index (χ2n) is 6.75. The summed E-state index contributed by atoms with van der Waals surface area (Å²) < 4.78 is 10.5. The van der Waals surface area contributed by atoms with Crippen molar-refractivity contribution in [1.29, 1.82) is 0 Å². The molecule has 2 aromatic heterocycles. The lowest BCUT2D eigenvalue weighted by Gasteiger charge is -2.13. The second-order valence-corrected chi connectivity index (χ2v) is 6.75. The van der Waals surface area contributed by atoms with Crippen molar-refractivity contribution in [3.63, 3.8) is 0 Å². The van der Waals surface area contributed by atoms with E-state index >= 15 is 0 Å². The Morgan fingerprint density at radius 2 is 1.69 bits per heavy atom. The number of hydrogen-bond donors (Lipinski definition) is 1. The highest BCUT2D eigenvalue weighted by atomic mass is 16.5. The van der Waals surface area contributed by atoms with Crippen LogP contribution in [-0.2, 0) is 4.74 Å². The van der Waals surface area contributed by atoms with Gasteiger partial charge in [-0.1, -0.05) is 19.0 Å². The molecule has 0 bridgehead atoms. The number of ketones is 2. The Balaban J connectivity index is 2.26. The van der Waals surface area contributed by atoms with Crippen LogP contribution in [0.25, 0.3) is 0 Å². The highest BCUT2D eigenvalue weighted by molar-refractivity contribution is 6.05. The summed E-state index contributed by atoms with van der Waals surface area (Å²) in [6, 6.07) is 0. The number of carbonyl (C=O) groups is 3. The van der Waals surface area contributed by atoms with Gasteiger partial charge in [-0.3, -0.25) is 9.59 Å². The lowest BCUT2D eigenvalue weighted by molar-refractivity contribution is 0.0313. The smallest absolute Gasteiger partial charge is 0.344 e. The zero-order chi connectivity index (χ0) is 19.8. The van der Waals surface area contributed by atoms with Gasteiger partial charge in [0, 0.05) is 17.2 Å². The summed E-state index contributed by atoms with van der Waals surface area (Å²) in [6.45, 7) is 11.8. The number of nitrogens with one attached hydrogen (secondary N) is 1. The molecule has 0 radical (unpaired) electrons. The van der Waals surface area contributed by atoms with E-state index in [2.05, 4.69) is 10.1 Å². The van der Waals surface area contributed by atoms with Gasteiger partial charge in [-0.25, -0.2) is 4.79 Å². The van der Waals surface area contributed by atoms with Crippen LogP contribution in [0.3, 0.4) is 0 Å². The van der Waals surface area contributed by atoms with Crippen molar-refractivity contribution in [1.82, 2.24) is 10.1 Å². The van der Waals surface area contributed by atoms with Crippen LogP contribution in [0.15, 0.2) is 4.52 Å². The van der Waals surface area contributed by atoms with Gasteiger partial charge in [-0.05, 0) is 40.2 Å². The lowest BCUT2D eigenvalue weighted by atomic mass is 10.0. The minimum atomic E-state index is -1.02. The van der Waals surface area contributed by atoms with Crippen molar-refractivity contribution >= 4 is 17.5 Å². The number of aromatic nitrogens is 2. The number of aryl methyl sites for hydroxylation is 2. The molecule has 2 heterocycles. The molecule has 1 atom stereocenters. The van der Waals surface area contributed by atoms with E-state index in [0.717, 1.165) is 0 Å². The third-order valence-electron chi connectivity index (χ3n) is 4.31. The average molecular weight is 360 g/mol. The van der Waals surface area contributed by atoms with E-state index in [4.69, 9.17) is 9.26 Å². The van der Waals surface area contributed by atoms with Crippen LogP contribution in [0.1, 0.15) is 87.5 Å². The highest BCUT2D eigenvalue weighted by Crippen LogP contribution is 2.24. The predicted molar refractivity (Wildman–Crippen MR) is 94.8 cm³/mol. The largest absolute Gasteiger partial charge is 0.450 e. The Kier molecular flexibility index (Phi) is 5.49. The number of H-pyrrole nitrogens is 1. The molecule has 26 heavy (non-hydrogen) atoms. The van der Waals surface area contributed by atoms with Crippen molar-refractivity contribution in [2.75, 3.05) is 0 Å². The van der Waals surface area contributed by atoms with Gasteiger partial charge in [0.1, 0.15) is 5.56 Å². The molecule has 2 aromatic rings. The molecule has 2 rings (SSSR count). The molecule has 7 heteroatoms. The molecular weight excluding hydrogens is 336 g/mol. The number of hydrogen-bond acceptors (Lipinski definition) is 6. The van der Waals surface area contributed by atoms with Crippen LogP contribution in [0.4, 0.5) is 0 Å². The first-order valence-corrected chi connectivity index (χ1v) is 8.47. The van der Waals surface area contributed by atoms with Gasteiger partial charge >= 0.3 is 5.97 Å². The van der Waals surface area contributed by atoms with Gasteiger partial charge in [-0.2, -0.15) is 0 Å². The molecule has 140 valence electrons. The fourth-order valence-corrected chi connectivity index (χ4v) is 3.03. The molecule has 0 aliphatic heterocycles. The van der Waals surface area contributed by atoms with E-state index < -0.39 is 17.9 Å². The number of ether oxygens (including phenoxy) is 1. The number of rotatable bonds is 6. The molecule has 1 N–H and O–H groups in total. The molecule has 7 nitrogen and oxygen atoms in total. The molecule has 0 spiro atoms. The summed E-state index contributed by atoms with van der Waals surface area (Å²) in [6.07, 6.45) is -1.02. The summed E-state index contributed by atoms with van der Waals surface area (Å²) >= 11 is 0. The molecule has 0 saturated heterocycles. The third kappa shape index (κ3) is 3.47. The summed E-state index contributed by atoms with van der Waals surface area (Å²) in [5, 5.41) is 3.81. The molecule has 1 unspecified atom stereocenters. The van der Waals surface area contributed by atoms with Crippen molar-refractivity contribution in [3.8, 4) is 0 Å². The average Bonchev–Trinajstić information content (AvgIpc) is 3.06. The van der Waals surface area contributed by atoms with Gasteiger partial charge in [0.25, 0.3) is 0 Å². The van der Waals surface area contributed by atoms with Crippen LogP contribution < -0.4 is 0 Å². The summed E-state index contributed by atoms with van der Waals surface area (Å²) in [5.41, 5.74) is 2.62. The molecule has 0 aliphatic carbocycles. The van der Waals surface area contributed by atoms with Gasteiger partial charge in [0.15, 0.2) is 17.6 Å². The fraction of sp³-hybridized carbons (Fsp3) is 0.474. The summed E-state index contributed by atoms with van der Waals surface area (Å²) in [7, 11) is 0. The maximum absolute atomic E-state index is 12.7. The zero-order valence-corrected chi connectivity index (χ0v) is 16.1. The van der Waals surface area contributed by atoms with E-state index in [1.807, 2.05) is 13.8 Å². The quantitative estimate of drug-likeness (QED) is 0.623. The summed E-state index contributed by atoms with van der Waals surface area (Å²) in [4.78, 5) is 39.9. The van der Waals surface area contributed by atoms with Gasteiger partial charge in [0.2, 0.25) is 5.78 Å². The molecule has 0 aliphatic rings. The first-order valence-electron chi connectivity index (χ1n) is 8.47. The van der Waals surface area contributed by atoms with Crippen molar-refractivity contribution < 1.29 is 23.6 Å². The van der Waals surface area contributed by atoms with E-state index in [9.17, 15) is 14.4 Å². The SMILES string of the molecule is CC(=O)c1c(C)[nH]c(C(=O)C(C)OC(=O)c2c(C)noc2C(C)C)c1C. The second kappa shape index (κ2) is 7.27. The first-order chi connectivity index (χ1) is 12.1. The maximum atomic E-state index is 12.7.